The molecule has 3 N–H and O–H groups in total. The Morgan fingerprint density at radius 2 is 1.91 bits per heavy atom. The van der Waals surface area contributed by atoms with Crippen LogP contribution in [0, 0.1) is 10.1 Å². The maximum Gasteiger partial charge on any atom is 0.269 e. The van der Waals surface area contributed by atoms with Crippen molar-refractivity contribution in [2.45, 2.75) is 13.3 Å². The second-order valence-corrected chi connectivity index (χ2v) is 5.06. The normalized spacial score (nSPS) is 11.3. The van der Waals surface area contributed by atoms with Crippen molar-refractivity contribution in [3.63, 3.8) is 0 Å². The van der Waals surface area contributed by atoms with Gasteiger partial charge in [0.1, 0.15) is 11.5 Å². The molecule has 23 heavy (non-hydrogen) atoms. The van der Waals surface area contributed by atoms with Gasteiger partial charge < -0.3 is 10.2 Å². The predicted octanol–water partition coefficient (Wildman–Crippen LogP) is 3.89. The Hall–Kier alpha value is -2.80. The Labute approximate surface area is 137 Å². The predicted molar refractivity (Wildman–Crippen MR) is 88.3 cm³/mol. The third kappa shape index (κ3) is 3.89. The van der Waals surface area contributed by atoms with Crippen LogP contribution in [0.25, 0.3) is 0 Å². The minimum Gasteiger partial charge on any atom is -0.507 e. The zero-order chi connectivity index (χ0) is 17.0. The van der Waals surface area contributed by atoms with Crippen LogP contribution < -0.4 is 5.43 Å². The van der Waals surface area contributed by atoms with Gasteiger partial charge >= 0.3 is 0 Å². The summed E-state index contributed by atoms with van der Waals surface area (Å²) in [6, 6.07) is 8.34. The molecular weight excluding hydrogens is 322 g/mol. The van der Waals surface area contributed by atoms with Crippen molar-refractivity contribution in [3.8, 4) is 11.5 Å². The molecule has 0 spiro atoms. The highest BCUT2D eigenvalue weighted by atomic mass is 35.5. The molecule has 120 valence electrons. The number of aromatic hydroxyl groups is 2. The van der Waals surface area contributed by atoms with E-state index < -0.39 is 4.92 Å². The van der Waals surface area contributed by atoms with E-state index in [-0.39, 0.29) is 22.2 Å². The number of non-ortho nitro benzene ring substituents is 1. The summed E-state index contributed by atoms with van der Waals surface area (Å²) in [7, 11) is 0. The summed E-state index contributed by atoms with van der Waals surface area (Å²) in [5.74, 6) is -0.357. The van der Waals surface area contributed by atoms with Gasteiger partial charge in [0.05, 0.1) is 21.3 Å². The van der Waals surface area contributed by atoms with Gasteiger partial charge in [-0.2, -0.15) is 5.10 Å². The number of hydrazone groups is 1. The number of rotatable bonds is 5. The van der Waals surface area contributed by atoms with Gasteiger partial charge in [0.15, 0.2) is 0 Å². The molecule has 0 saturated carbocycles. The molecule has 0 aliphatic carbocycles. The van der Waals surface area contributed by atoms with E-state index in [1.165, 1.54) is 30.3 Å². The molecule has 0 heterocycles. The fourth-order valence-electron chi connectivity index (χ4n) is 1.90. The number of halogens is 1. The summed E-state index contributed by atoms with van der Waals surface area (Å²) < 4.78 is 0. The number of hydrogen-bond acceptors (Lipinski definition) is 6. The maximum atomic E-state index is 10.6. The van der Waals surface area contributed by atoms with Crippen molar-refractivity contribution < 1.29 is 15.1 Å². The largest absolute Gasteiger partial charge is 0.507 e. The topological polar surface area (TPSA) is 108 Å². The lowest BCUT2D eigenvalue weighted by molar-refractivity contribution is -0.384. The number of phenols is 2. The average Bonchev–Trinajstić information content (AvgIpc) is 2.53. The number of phenolic OH excluding ortho intramolecular Hbond substituents is 2. The van der Waals surface area contributed by atoms with Crippen LogP contribution in [0.15, 0.2) is 41.5 Å². The summed E-state index contributed by atoms with van der Waals surface area (Å²) in [5, 5.41) is 34.3. The van der Waals surface area contributed by atoms with Crippen LogP contribution in [0.2, 0.25) is 5.02 Å². The molecule has 0 aromatic heterocycles. The molecule has 8 heteroatoms. The lowest BCUT2D eigenvalue weighted by Gasteiger charge is -2.09. The number of anilines is 1. The molecule has 0 aliphatic rings. The second-order valence-electron chi connectivity index (χ2n) is 4.65. The molecule has 0 atom stereocenters. The molecule has 0 amide bonds. The second kappa shape index (κ2) is 6.97. The van der Waals surface area contributed by atoms with Crippen molar-refractivity contribution in [2.75, 3.05) is 5.43 Å². The van der Waals surface area contributed by atoms with Crippen LogP contribution >= 0.6 is 11.6 Å². The maximum absolute atomic E-state index is 10.6. The van der Waals surface area contributed by atoms with E-state index in [2.05, 4.69) is 10.5 Å². The monoisotopic (exact) mass is 335 g/mol. The number of nitrogens with zero attached hydrogens (tertiary/aromatic N) is 2. The van der Waals surface area contributed by atoms with E-state index in [1.807, 2.05) is 6.92 Å². The van der Waals surface area contributed by atoms with Gasteiger partial charge in [0.2, 0.25) is 0 Å². The van der Waals surface area contributed by atoms with Crippen molar-refractivity contribution in [1.82, 2.24) is 0 Å². The number of nitro groups is 1. The average molecular weight is 336 g/mol. The standard InChI is InChI=1S/C15H14ClN3O4/c1-2-13(11-7-12(16)15(21)8-14(11)20)18-17-9-3-5-10(6-4-9)19(22)23/h3-8,17,20-21H,2H2,1H3. The van der Waals surface area contributed by atoms with E-state index in [0.29, 0.717) is 23.4 Å². The van der Waals surface area contributed by atoms with Crippen LogP contribution in [0.4, 0.5) is 11.4 Å². The minimum atomic E-state index is -0.485. The highest BCUT2D eigenvalue weighted by Crippen LogP contribution is 2.31. The van der Waals surface area contributed by atoms with Crippen molar-refractivity contribution in [2.24, 2.45) is 5.10 Å². The summed E-state index contributed by atoms with van der Waals surface area (Å²) >= 11 is 5.85. The van der Waals surface area contributed by atoms with Crippen LogP contribution in [0.1, 0.15) is 18.9 Å². The van der Waals surface area contributed by atoms with Gasteiger partial charge in [-0.25, -0.2) is 0 Å². The molecular formula is C15H14ClN3O4. The van der Waals surface area contributed by atoms with Gasteiger partial charge in [-0.05, 0) is 24.6 Å². The Morgan fingerprint density at radius 3 is 2.48 bits per heavy atom. The minimum absolute atomic E-state index is 0.0156. The third-order valence-corrected chi connectivity index (χ3v) is 3.41. The van der Waals surface area contributed by atoms with Gasteiger partial charge in [0.25, 0.3) is 5.69 Å². The number of benzene rings is 2. The number of nitrogens with one attached hydrogen (secondary N) is 1. The smallest absolute Gasteiger partial charge is 0.269 e. The summed E-state index contributed by atoms with van der Waals surface area (Å²) in [4.78, 5) is 10.1. The zero-order valence-electron chi connectivity index (χ0n) is 12.2. The van der Waals surface area contributed by atoms with Crippen LogP contribution in [-0.2, 0) is 0 Å². The van der Waals surface area contributed by atoms with E-state index in [1.54, 1.807) is 0 Å². The molecule has 2 aromatic carbocycles. The lowest BCUT2D eigenvalue weighted by atomic mass is 10.1. The van der Waals surface area contributed by atoms with Gasteiger partial charge in [-0.3, -0.25) is 15.5 Å². The fourth-order valence-corrected chi connectivity index (χ4v) is 2.07. The quantitative estimate of drug-likeness (QED) is 0.436. The van der Waals surface area contributed by atoms with E-state index in [0.717, 1.165) is 6.07 Å². The molecule has 2 rings (SSSR count). The highest BCUT2D eigenvalue weighted by molar-refractivity contribution is 6.32. The molecule has 0 aliphatic heterocycles. The molecule has 0 saturated heterocycles. The first-order valence-electron chi connectivity index (χ1n) is 6.71. The van der Waals surface area contributed by atoms with Gasteiger partial charge in [0, 0.05) is 23.8 Å². The SMILES string of the molecule is CCC(=NNc1ccc([N+](=O)[O-])cc1)c1cc(Cl)c(O)cc1O. The van der Waals surface area contributed by atoms with Crippen molar-refractivity contribution in [3.05, 3.63) is 57.1 Å². The van der Waals surface area contributed by atoms with E-state index in [9.17, 15) is 20.3 Å². The Morgan fingerprint density at radius 1 is 1.26 bits per heavy atom. The van der Waals surface area contributed by atoms with Gasteiger partial charge in [-0.15, -0.1) is 0 Å². The lowest BCUT2D eigenvalue weighted by Crippen LogP contribution is -2.04. The molecule has 0 fully saturated rings. The molecule has 0 radical (unpaired) electrons. The first-order chi connectivity index (χ1) is 10.9. The van der Waals surface area contributed by atoms with Gasteiger partial charge in [-0.1, -0.05) is 18.5 Å². The Balaban J connectivity index is 2.25. The number of hydrogen-bond donors (Lipinski definition) is 3. The summed E-state index contributed by atoms with van der Waals surface area (Å²) in [6.07, 6.45) is 0.495. The first-order valence-corrected chi connectivity index (χ1v) is 7.09. The molecule has 7 nitrogen and oxygen atoms in total. The van der Waals surface area contributed by atoms with E-state index >= 15 is 0 Å². The highest BCUT2D eigenvalue weighted by Gasteiger charge is 2.12. The third-order valence-electron chi connectivity index (χ3n) is 3.11. The summed E-state index contributed by atoms with van der Waals surface area (Å²) in [6.45, 7) is 1.84. The Kier molecular flexibility index (Phi) is 5.02. The van der Waals surface area contributed by atoms with Crippen LogP contribution in [-0.4, -0.2) is 20.8 Å². The van der Waals surface area contributed by atoms with Crippen LogP contribution in [0.5, 0.6) is 11.5 Å². The zero-order valence-corrected chi connectivity index (χ0v) is 12.9. The molecule has 2 aromatic rings. The molecule has 0 unspecified atom stereocenters. The first kappa shape index (κ1) is 16.6. The van der Waals surface area contributed by atoms with Crippen molar-refractivity contribution in [1.29, 1.82) is 0 Å². The fraction of sp³-hybridized carbons (Fsp3) is 0.133. The number of nitro benzene ring substituents is 1. The Bertz CT molecular complexity index is 760. The van der Waals surface area contributed by atoms with Crippen LogP contribution in [0.3, 0.4) is 0 Å². The molecule has 0 bridgehead atoms. The summed E-state index contributed by atoms with van der Waals surface area (Å²) in [5.41, 5.74) is 4.23. The van der Waals surface area contributed by atoms with Crippen molar-refractivity contribution >= 4 is 28.7 Å². The van der Waals surface area contributed by atoms with E-state index in [4.69, 9.17) is 11.6 Å².